The van der Waals surface area contributed by atoms with Gasteiger partial charge in [-0.3, -0.25) is 0 Å². The van der Waals surface area contributed by atoms with Gasteiger partial charge in [0.25, 0.3) is 0 Å². The van der Waals surface area contributed by atoms with Crippen molar-refractivity contribution in [3.05, 3.63) is 200 Å². The monoisotopic (exact) mass is 699 g/mol. The van der Waals surface area contributed by atoms with Crippen molar-refractivity contribution in [3.8, 4) is 28.2 Å². The van der Waals surface area contributed by atoms with Crippen LogP contribution in [-0.4, -0.2) is 13.7 Å². The minimum Gasteiger partial charge on any atom is -0.309 e. The fraction of sp³-hybridized carbons (Fsp3) is 0. The number of fused-ring (bicyclic) bond motifs is 11. The molecule has 0 bridgehead atoms. The first kappa shape index (κ1) is 30.1. The molecule has 0 saturated carbocycles. The third kappa shape index (κ3) is 4.26. The molecule has 0 unspecified atom stereocenters. The normalized spacial score (nSPS) is 12.0. The van der Waals surface area contributed by atoms with Crippen LogP contribution in [0, 0.1) is 0 Å². The molecule has 0 atom stereocenters. The highest BCUT2D eigenvalue weighted by Crippen LogP contribution is 2.44. The van der Waals surface area contributed by atoms with Crippen molar-refractivity contribution in [2.24, 2.45) is 0 Å². The summed E-state index contributed by atoms with van der Waals surface area (Å²) in [4.78, 5) is 0. The quantitative estimate of drug-likeness (QED) is 0.174. The third-order valence-corrected chi connectivity index (χ3v) is 11.6. The molecule has 0 aliphatic carbocycles. The highest BCUT2D eigenvalue weighted by Gasteiger charge is 2.22. The first-order valence-corrected chi connectivity index (χ1v) is 19.0. The minimum absolute atomic E-state index is 1.16. The summed E-state index contributed by atoms with van der Waals surface area (Å²) in [6.07, 6.45) is 0. The van der Waals surface area contributed by atoms with Crippen molar-refractivity contribution in [2.45, 2.75) is 0 Å². The van der Waals surface area contributed by atoms with E-state index in [2.05, 4.69) is 214 Å². The van der Waals surface area contributed by atoms with E-state index in [0.29, 0.717) is 0 Å². The summed E-state index contributed by atoms with van der Waals surface area (Å²) in [5.74, 6) is 0. The number of nitrogens with zero attached hydrogens (tertiary/aromatic N) is 3. The number of hydrogen-bond acceptors (Lipinski definition) is 0. The molecule has 0 fully saturated rings. The van der Waals surface area contributed by atoms with Crippen LogP contribution < -0.4 is 0 Å². The van der Waals surface area contributed by atoms with Crippen LogP contribution in [0.1, 0.15) is 0 Å². The predicted octanol–water partition coefficient (Wildman–Crippen LogP) is 13.8. The van der Waals surface area contributed by atoms with Crippen molar-refractivity contribution < 1.29 is 0 Å². The van der Waals surface area contributed by atoms with Crippen LogP contribution in [-0.2, 0) is 0 Å². The predicted molar refractivity (Wildman–Crippen MR) is 232 cm³/mol. The Hall–Kier alpha value is -7.36. The maximum absolute atomic E-state index is 2.49. The molecule has 3 aromatic heterocycles. The molecule has 3 heterocycles. The Balaban J connectivity index is 1.14. The van der Waals surface area contributed by atoms with Crippen molar-refractivity contribution in [3.63, 3.8) is 0 Å². The second-order valence-electron chi connectivity index (χ2n) is 14.5. The zero-order valence-corrected chi connectivity index (χ0v) is 29.9. The van der Waals surface area contributed by atoms with Gasteiger partial charge in [-0.2, -0.15) is 0 Å². The zero-order valence-electron chi connectivity index (χ0n) is 29.9. The first-order chi connectivity index (χ1) is 27.3. The summed E-state index contributed by atoms with van der Waals surface area (Å²) in [6.45, 7) is 0. The molecule has 3 heteroatoms. The van der Waals surface area contributed by atoms with Crippen LogP contribution in [0.2, 0.25) is 0 Å². The maximum Gasteiger partial charge on any atom is 0.0549 e. The molecule has 0 saturated heterocycles. The summed E-state index contributed by atoms with van der Waals surface area (Å²) in [5.41, 5.74) is 13.1. The molecular weight excluding hydrogens is 667 g/mol. The second kappa shape index (κ2) is 11.6. The van der Waals surface area contributed by atoms with E-state index >= 15 is 0 Å². The van der Waals surface area contributed by atoms with Crippen LogP contribution in [0.3, 0.4) is 0 Å². The van der Waals surface area contributed by atoms with E-state index < -0.39 is 0 Å². The molecule has 12 rings (SSSR count). The summed E-state index contributed by atoms with van der Waals surface area (Å²) < 4.78 is 7.34. The van der Waals surface area contributed by atoms with Crippen molar-refractivity contribution in [1.82, 2.24) is 13.7 Å². The van der Waals surface area contributed by atoms with Gasteiger partial charge in [0.15, 0.2) is 0 Å². The van der Waals surface area contributed by atoms with Crippen LogP contribution >= 0.6 is 0 Å². The molecule has 0 radical (unpaired) electrons. The maximum atomic E-state index is 2.49. The van der Waals surface area contributed by atoms with E-state index in [1.54, 1.807) is 0 Å². The molecule has 0 aliphatic rings. The highest BCUT2D eigenvalue weighted by molar-refractivity contribution is 6.29. The van der Waals surface area contributed by atoms with Gasteiger partial charge in [-0.05, 0) is 77.7 Å². The van der Waals surface area contributed by atoms with Crippen LogP contribution in [0.15, 0.2) is 200 Å². The largest absolute Gasteiger partial charge is 0.309 e. The van der Waals surface area contributed by atoms with Crippen LogP contribution in [0.5, 0.6) is 0 Å². The van der Waals surface area contributed by atoms with E-state index in [-0.39, 0.29) is 0 Å². The lowest BCUT2D eigenvalue weighted by molar-refractivity contribution is 1.18. The van der Waals surface area contributed by atoms with Gasteiger partial charge in [0.2, 0.25) is 0 Å². The zero-order chi connectivity index (χ0) is 36.0. The Labute approximate surface area is 317 Å². The summed E-state index contributed by atoms with van der Waals surface area (Å²) in [6, 6.07) is 73.1. The van der Waals surface area contributed by atoms with Gasteiger partial charge in [-0.15, -0.1) is 0 Å². The lowest BCUT2D eigenvalue weighted by Crippen LogP contribution is -1.98. The van der Waals surface area contributed by atoms with E-state index in [1.165, 1.54) is 98.7 Å². The Morgan fingerprint density at radius 1 is 0.273 bits per heavy atom. The lowest BCUT2D eigenvalue weighted by atomic mass is 10.0. The Bertz CT molecular complexity index is 3480. The molecule has 0 N–H and O–H groups in total. The topological polar surface area (TPSA) is 14.8 Å². The highest BCUT2D eigenvalue weighted by atomic mass is 15.0. The van der Waals surface area contributed by atoms with E-state index in [1.807, 2.05) is 0 Å². The third-order valence-electron chi connectivity index (χ3n) is 11.6. The number of benzene rings is 9. The second-order valence-corrected chi connectivity index (χ2v) is 14.5. The molecule has 0 amide bonds. The van der Waals surface area contributed by atoms with E-state index in [0.717, 1.165) is 5.69 Å². The fourth-order valence-corrected chi connectivity index (χ4v) is 9.35. The van der Waals surface area contributed by atoms with Gasteiger partial charge >= 0.3 is 0 Å². The Morgan fingerprint density at radius 2 is 0.764 bits per heavy atom. The van der Waals surface area contributed by atoms with Crippen molar-refractivity contribution in [2.75, 3.05) is 0 Å². The van der Waals surface area contributed by atoms with Gasteiger partial charge < -0.3 is 13.7 Å². The van der Waals surface area contributed by atoms with Crippen molar-refractivity contribution >= 4 is 76.2 Å². The Morgan fingerprint density at radius 3 is 1.49 bits per heavy atom. The standard InChI is InChI=1S/C52H33N3/c1-2-17-36(18-3-1)53-45-25-11-7-21-39(45)42-33-35(29-30-48(42)53)38-20-6-10-24-43(38)54-46-26-12-8-22-40(46)51-49(54)31-32-50-52(51)41-23-9-13-27-47(41)55(50)44-28-14-16-34-15-4-5-19-37(34)44/h1-33H. The Kier molecular flexibility index (Phi) is 6.34. The molecule has 256 valence electrons. The van der Waals surface area contributed by atoms with Crippen LogP contribution in [0.4, 0.5) is 0 Å². The fourth-order valence-electron chi connectivity index (χ4n) is 9.35. The van der Waals surface area contributed by atoms with Crippen molar-refractivity contribution in [1.29, 1.82) is 0 Å². The minimum atomic E-state index is 1.16. The van der Waals surface area contributed by atoms with Gasteiger partial charge in [-0.25, -0.2) is 0 Å². The molecule has 0 aliphatic heterocycles. The van der Waals surface area contributed by atoms with E-state index in [4.69, 9.17) is 0 Å². The number of aromatic nitrogens is 3. The summed E-state index contributed by atoms with van der Waals surface area (Å²) in [7, 11) is 0. The van der Waals surface area contributed by atoms with Gasteiger partial charge in [0.05, 0.1) is 44.5 Å². The molecular formula is C52H33N3. The molecule has 55 heavy (non-hydrogen) atoms. The van der Waals surface area contributed by atoms with Crippen LogP contribution in [0.25, 0.3) is 104 Å². The smallest absolute Gasteiger partial charge is 0.0549 e. The number of hydrogen-bond donors (Lipinski definition) is 0. The summed E-state index contributed by atoms with van der Waals surface area (Å²) >= 11 is 0. The van der Waals surface area contributed by atoms with E-state index in [9.17, 15) is 0 Å². The number of para-hydroxylation sites is 5. The van der Waals surface area contributed by atoms with Gasteiger partial charge in [0, 0.05) is 49.0 Å². The lowest BCUT2D eigenvalue weighted by Gasteiger charge is -2.15. The average Bonchev–Trinajstić information content (AvgIpc) is 3.89. The molecule has 9 aromatic carbocycles. The van der Waals surface area contributed by atoms with Gasteiger partial charge in [-0.1, -0.05) is 133 Å². The molecule has 3 nitrogen and oxygen atoms in total. The molecule has 12 aromatic rings. The number of rotatable bonds is 4. The average molecular weight is 700 g/mol. The first-order valence-electron chi connectivity index (χ1n) is 19.0. The molecule has 0 spiro atoms. The SMILES string of the molecule is c1ccc(-n2c3ccccc3c3cc(-c4ccccc4-n4c5ccccc5c5c6c7ccccc7n(-c7cccc8ccccc78)c6ccc54)ccc32)cc1. The van der Waals surface area contributed by atoms with Gasteiger partial charge in [0.1, 0.15) is 0 Å². The summed E-state index contributed by atoms with van der Waals surface area (Å²) in [5, 5.41) is 10.0.